The Morgan fingerprint density at radius 3 is 2.88 bits per heavy atom. The van der Waals surface area contributed by atoms with Gasteiger partial charge in [0.2, 0.25) is 5.13 Å². The zero-order valence-corrected chi connectivity index (χ0v) is 15.8. The molecule has 0 aliphatic carbocycles. The number of benzene rings is 1. The zero-order chi connectivity index (χ0) is 17.7. The van der Waals surface area contributed by atoms with Crippen LogP contribution < -0.4 is 4.74 Å². The number of halogens is 1. The van der Waals surface area contributed by atoms with Gasteiger partial charge in [-0.1, -0.05) is 11.3 Å². The highest BCUT2D eigenvalue weighted by Gasteiger charge is 2.16. The second-order valence-corrected chi connectivity index (χ2v) is 6.49. The van der Waals surface area contributed by atoms with Crippen molar-refractivity contribution in [1.29, 1.82) is 0 Å². The maximum absolute atomic E-state index is 11.7. The van der Waals surface area contributed by atoms with Crippen LogP contribution in [0, 0.1) is 6.92 Å². The zero-order valence-electron chi connectivity index (χ0n) is 13.4. The van der Waals surface area contributed by atoms with Gasteiger partial charge in [-0.05, 0) is 47.5 Å². The Morgan fingerprint density at radius 2 is 2.21 bits per heavy atom. The fourth-order valence-corrected chi connectivity index (χ4v) is 3.15. The quantitative estimate of drug-likeness (QED) is 0.559. The SMILES string of the molecule is CCOC(=O)c1sc(N=NCc2cc(Br)c(O)c(OC)c2)nc1C. The normalized spacial score (nSPS) is 11.0. The Bertz CT molecular complexity index is 776. The monoisotopic (exact) mass is 413 g/mol. The number of aromatic nitrogens is 1. The summed E-state index contributed by atoms with van der Waals surface area (Å²) >= 11 is 4.39. The van der Waals surface area contributed by atoms with Gasteiger partial charge in [0.05, 0.1) is 30.4 Å². The molecule has 0 saturated heterocycles. The molecule has 0 fully saturated rings. The number of aromatic hydroxyl groups is 1. The minimum Gasteiger partial charge on any atom is -0.503 e. The van der Waals surface area contributed by atoms with E-state index in [0.29, 0.717) is 32.5 Å². The number of carbonyl (C=O) groups is 1. The van der Waals surface area contributed by atoms with E-state index in [1.165, 1.54) is 7.11 Å². The van der Waals surface area contributed by atoms with Gasteiger partial charge >= 0.3 is 5.97 Å². The van der Waals surface area contributed by atoms with E-state index in [4.69, 9.17) is 9.47 Å². The van der Waals surface area contributed by atoms with Crippen molar-refractivity contribution in [2.24, 2.45) is 10.2 Å². The van der Waals surface area contributed by atoms with Crippen molar-refractivity contribution in [3.8, 4) is 11.5 Å². The van der Waals surface area contributed by atoms with Crippen LogP contribution in [0.4, 0.5) is 5.13 Å². The summed E-state index contributed by atoms with van der Waals surface area (Å²) < 4.78 is 10.6. The molecule has 1 aromatic carbocycles. The van der Waals surface area contributed by atoms with Gasteiger partial charge in [0.15, 0.2) is 11.5 Å². The largest absolute Gasteiger partial charge is 0.503 e. The number of hydrogen-bond donors (Lipinski definition) is 1. The lowest BCUT2D eigenvalue weighted by atomic mass is 10.2. The minimum absolute atomic E-state index is 0.0350. The van der Waals surface area contributed by atoms with Crippen molar-refractivity contribution in [2.45, 2.75) is 20.4 Å². The van der Waals surface area contributed by atoms with Crippen molar-refractivity contribution >= 4 is 38.4 Å². The van der Waals surface area contributed by atoms with Crippen molar-refractivity contribution < 1.29 is 19.4 Å². The number of ether oxygens (including phenoxy) is 2. The second-order valence-electron chi connectivity index (χ2n) is 4.66. The third kappa shape index (κ3) is 4.30. The highest BCUT2D eigenvalue weighted by atomic mass is 79.9. The fourth-order valence-electron chi connectivity index (χ4n) is 1.86. The van der Waals surface area contributed by atoms with Gasteiger partial charge in [-0.15, -0.1) is 5.11 Å². The fraction of sp³-hybridized carbons (Fsp3) is 0.333. The first-order chi connectivity index (χ1) is 11.5. The number of rotatable bonds is 6. The lowest BCUT2D eigenvalue weighted by molar-refractivity contribution is 0.0531. The predicted octanol–water partition coefficient (Wildman–Crippen LogP) is 4.39. The summed E-state index contributed by atoms with van der Waals surface area (Å²) in [6, 6.07) is 3.41. The number of phenols is 1. The molecular formula is C15H16BrN3O4S. The predicted molar refractivity (Wildman–Crippen MR) is 93.4 cm³/mol. The molecule has 0 aliphatic rings. The number of carbonyl (C=O) groups excluding carboxylic acids is 1. The van der Waals surface area contributed by atoms with E-state index < -0.39 is 5.97 Å². The van der Waals surface area contributed by atoms with Gasteiger partial charge in [0, 0.05) is 0 Å². The molecular weight excluding hydrogens is 398 g/mol. The highest BCUT2D eigenvalue weighted by molar-refractivity contribution is 9.10. The molecule has 1 aromatic heterocycles. The molecule has 2 rings (SSSR count). The summed E-state index contributed by atoms with van der Waals surface area (Å²) in [4.78, 5) is 16.4. The first-order valence-corrected chi connectivity index (χ1v) is 8.64. The Labute approximate surface area is 151 Å². The maximum atomic E-state index is 11.7. The minimum atomic E-state index is -0.402. The number of nitrogens with zero attached hydrogens (tertiary/aromatic N) is 3. The van der Waals surface area contributed by atoms with Gasteiger partial charge in [-0.2, -0.15) is 5.11 Å². The molecule has 24 heavy (non-hydrogen) atoms. The highest BCUT2D eigenvalue weighted by Crippen LogP contribution is 2.35. The third-order valence-corrected chi connectivity index (χ3v) is 4.59. The van der Waals surface area contributed by atoms with E-state index in [0.717, 1.165) is 16.9 Å². The summed E-state index contributed by atoms with van der Waals surface area (Å²) in [7, 11) is 1.47. The summed E-state index contributed by atoms with van der Waals surface area (Å²) in [5.74, 6) is -0.0155. The summed E-state index contributed by atoms with van der Waals surface area (Å²) in [6.07, 6.45) is 0. The third-order valence-electron chi connectivity index (χ3n) is 2.96. The van der Waals surface area contributed by atoms with Gasteiger partial charge in [0.25, 0.3) is 0 Å². The molecule has 128 valence electrons. The molecule has 0 atom stereocenters. The topological polar surface area (TPSA) is 93.4 Å². The van der Waals surface area contributed by atoms with Gasteiger partial charge in [-0.25, -0.2) is 9.78 Å². The van der Waals surface area contributed by atoms with E-state index in [-0.39, 0.29) is 12.3 Å². The smallest absolute Gasteiger partial charge is 0.350 e. The number of hydrogen-bond acceptors (Lipinski definition) is 8. The number of azo groups is 1. The summed E-state index contributed by atoms with van der Waals surface area (Å²) in [5.41, 5.74) is 1.38. The molecule has 0 bridgehead atoms. The van der Waals surface area contributed by atoms with Crippen molar-refractivity contribution in [3.05, 3.63) is 32.7 Å². The second kappa shape index (κ2) is 8.20. The Kier molecular flexibility index (Phi) is 6.27. The number of aryl methyl sites for hydroxylation is 1. The van der Waals surface area contributed by atoms with Crippen LogP contribution >= 0.6 is 27.3 Å². The van der Waals surface area contributed by atoms with Gasteiger partial charge < -0.3 is 14.6 Å². The maximum Gasteiger partial charge on any atom is 0.350 e. The number of methoxy groups -OCH3 is 1. The van der Waals surface area contributed by atoms with Crippen molar-refractivity contribution in [1.82, 2.24) is 4.98 Å². The molecule has 0 radical (unpaired) electrons. The van der Waals surface area contributed by atoms with E-state index >= 15 is 0 Å². The lowest BCUT2D eigenvalue weighted by Gasteiger charge is -2.06. The van der Waals surface area contributed by atoms with Gasteiger partial charge in [0.1, 0.15) is 4.88 Å². The molecule has 0 spiro atoms. The molecule has 0 saturated carbocycles. The first-order valence-electron chi connectivity index (χ1n) is 7.03. The standard InChI is InChI=1S/C15H16BrN3O4S/c1-4-23-14(21)13-8(2)18-15(24-13)19-17-7-9-5-10(16)12(20)11(6-9)22-3/h5-6,20H,4,7H2,1-3H3. The van der Waals surface area contributed by atoms with E-state index in [2.05, 4.69) is 31.1 Å². The van der Waals surface area contributed by atoms with Crippen LogP contribution in [-0.2, 0) is 11.3 Å². The lowest BCUT2D eigenvalue weighted by Crippen LogP contribution is -2.03. The molecule has 9 heteroatoms. The molecule has 0 amide bonds. The molecule has 7 nitrogen and oxygen atoms in total. The Morgan fingerprint density at radius 1 is 1.46 bits per heavy atom. The van der Waals surface area contributed by atoms with Crippen molar-refractivity contribution in [3.63, 3.8) is 0 Å². The number of phenolic OH excluding ortho intramolecular Hbond substituents is 1. The first kappa shape index (κ1) is 18.3. The Balaban J connectivity index is 2.11. The molecule has 0 aliphatic heterocycles. The van der Waals surface area contributed by atoms with Crippen LogP contribution in [0.5, 0.6) is 11.5 Å². The average molecular weight is 414 g/mol. The van der Waals surface area contributed by atoms with E-state index in [1.807, 2.05) is 0 Å². The van der Waals surface area contributed by atoms with E-state index in [1.54, 1.807) is 26.0 Å². The Hall–Kier alpha value is -2.00. The number of esters is 1. The van der Waals surface area contributed by atoms with Crippen LogP contribution in [0.1, 0.15) is 27.9 Å². The number of thiazole rings is 1. The van der Waals surface area contributed by atoms with Crippen LogP contribution in [-0.4, -0.2) is 29.8 Å². The van der Waals surface area contributed by atoms with Gasteiger partial charge in [-0.3, -0.25) is 0 Å². The molecule has 1 heterocycles. The van der Waals surface area contributed by atoms with E-state index in [9.17, 15) is 9.90 Å². The molecule has 0 unspecified atom stereocenters. The average Bonchev–Trinajstić information content (AvgIpc) is 2.91. The molecule has 1 N–H and O–H groups in total. The van der Waals surface area contributed by atoms with Crippen LogP contribution in [0.25, 0.3) is 0 Å². The molecule has 2 aromatic rings. The van der Waals surface area contributed by atoms with Crippen molar-refractivity contribution in [2.75, 3.05) is 13.7 Å². The van der Waals surface area contributed by atoms with Crippen LogP contribution in [0.2, 0.25) is 0 Å². The summed E-state index contributed by atoms with van der Waals surface area (Å²) in [5, 5.41) is 18.3. The van der Waals surface area contributed by atoms with Crippen LogP contribution in [0.15, 0.2) is 26.8 Å². The van der Waals surface area contributed by atoms with Crippen LogP contribution in [0.3, 0.4) is 0 Å². The summed E-state index contributed by atoms with van der Waals surface area (Å²) in [6.45, 7) is 4.07.